The van der Waals surface area contributed by atoms with Gasteiger partial charge in [0.05, 0.1) is 0 Å². The number of rotatable bonds is 4. The van der Waals surface area contributed by atoms with Crippen molar-refractivity contribution >= 4 is 23.4 Å². The van der Waals surface area contributed by atoms with Gasteiger partial charge < -0.3 is 10.4 Å². The van der Waals surface area contributed by atoms with Crippen molar-refractivity contribution in [1.82, 2.24) is 9.97 Å². The molecule has 0 radical (unpaired) electrons. The summed E-state index contributed by atoms with van der Waals surface area (Å²) in [6.45, 7) is 0.405. The van der Waals surface area contributed by atoms with Crippen LogP contribution in [-0.4, -0.2) is 27.6 Å². The summed E-state index contributed by atoms with van der Waals surface area (Å²) in [6, 6.07) is 0. The van der Waals surface area contributed by atoms with Crippen molar-refractivity contribution in [3.63, 3.8) is 0 Å². The first kappa shape index (κ1) is 10.5. The van der Waals surface area contributed by atoms with Crippen molar-refractivity contribution < 1.29 is 9.90 Å². The van der Waals surface area contributed by atoms with Gasteiger partial charge in [-0.05, 0) is 0 Å². The molecule has 0 bridgehead atoms. The van der Waals surface area contributed by atoms with E-state index in [9.17, 15) is 4.79 Å². The van der Waals surface area contributed by atoms with Crippen LogP contribution in [0.25, 0.3) is 0 Å². The maximum atomic E-state index is 10.7. The molecule has 0 saturated carbocycles. The Balaban J connectivity index is 2.79. The average Bonchev–Trinajstić information content (AvgIpc) is 2.19. The normalized spacial score (nSPS) is 10.4. The summed E-state index contributed by atoms with van der Waals surface area (Å²) < 4.78 is 0. The number of halogens is 1. The fourth-order valence-corrected chi connectivity index (χ4v) is 0.913. The fraction of sp³-hybridized carbons (Fsp3) is 0.125. The molecule has 0 aliphatic carbocycles. The second kappa shape index (κ2) is 5.18. The zero-order valence-electron chi connectivity index (χ0n) is 7.14. The number of aromatic carboxylic acids is 1. The van der Waals surface area contributed by atoms with Gasteiger partial charge in [-0.1, -0.05) is 17.7 Å². The predicted molar refractivity (Wildman–Crippen MR) is 52.5 cm³/mol. The molecule has 0 saturated heterocycles. The van der Waals surface area contributed by atoms with Crippen LogP contribution in [0.2, 0.25) is 0 Å². The van der Waals surface area contributed by atoms with Crippen LogP contribution in [-0.2, 0) is 0 Å². The molecule has 1 heterocycles. The summed E-state index contributed by atoms with van der Waals surface area (Å²) >= 11 is 5.30. The van der Waals surface area contributed by atoms with Gasteiger partial charge in [-0.3, -0.25) is 0 Å². The first-order chi connectivity index (χ1) is 6.75. The Kier molecular flexibility index (Phi) is 3.87. The Morgan fingerprint density at radius 2 is 2.29 bits per heavy atom. The Morgan fingerprint density at radius 3 is 2.93 bits per heavy atom. The molecule has 1 rings (SSSR count). The maximum Gasteiger partial charge on any atom is 0.358 e. The molecule has 74 valence electrons. The van der Waals surface area contributed by atoms with E-state index in [4.69, 9.17) is 16.7 Å². The van der Waals surface area contributed by atoms with E-state index in [1.165, 1.54) is 17.9 Å². The van der Waals surface area contributed by atoms with Crippen LogP contribution in [0.1, 0.15) is 10.5 Å². The first-order valence-electron chi connectivity index (χ1n) is 3.79. The lowest BCUT2D eigenvalue weighted by Gasteiger charge is -2.03. The highest BCUT2D eigenvalue weighted by Gasteiger charge is 2.10. The highest BCUT2D eigenvalue weighted by Crippen LogP contribution is 2.07. The van der Waals surface area contributed by atoms with Crippen molar-refractivity contribution in [3.05, 3.63) is 29.7 Å². The van der Waals surface area contributed by atoms with Crippen LogP contribution in [0.4, 0.5) is 5.82 Å². The van der Waals surface area contributed by atoms with Crippen LogP contribution in [0.3, 0.4) is 0 Å². The minimum absolute atomic E-state index is 0.101. The fourth-order valence-electron chi connectivity index (χ4n) is 0.824. The molecule has 0 aliphatic heterocycles. The third-order valence-corrected chi connectivity index (χ3v) is 1.56. The Morgan fingerprint density at radius 1 is 1.57 bits per heavy atom. The molecule has 0 aliphatic rings. The molecule has 1 aromatic rings. The molecule has 0 atom stereocenters. The Bertz CT molecular complexity index is 354. The highest BCUT2D eigenvalue weighted by atomic mass is 35.5. The third-order valence-electron chi connectivity index (χ3n) is 1.38. The topological polar surface area (TPSA) is 75.1 Å². The van der Waals surface area contributed by atoms with Gasteiger partial charge >= 0.3 is 5.97 Å². The quantitative estimate of drug-likeness (QED) is 0.790. The zero-order chi connectivity index (χ0) is 10.4. The number of carboxylic acids is 1. The van der Waals surface area contributed by atoms with Crippen molar-refractivity contribution in [3.8, 4) is 0 Å². The highest BCUT2D eigenvalue weighted by molar-refractivity contribution is 6.25. The molecular weight excluding hydrogens is 206 g/mol. The van der Waals surface area contributed by atoms with E-state index in [1.807, 2.05) is 0 Å². The lowest BCUT2D eigenvalue weighted by molar-refractivity contribution is 0.0691. The van der Waals surface area contributed by atoms with Crippen LogP contribution < -0.4 is 5.32 Å². The van der Waals surface area contributed by atoms with Gasteiger partial charge in [0.25, 0.3) is 0 Å². The number of hydrogen-bond donors (Lipinski definition) is 2. The zero-order valence-corrected chi connectivity index (χ0v) is 7.90. The smallest absolute Gasteiger partial charge is 0.358 e. The second-order valence-electron chi connectivity index (χ2n) is 2.30. The third kappa shape index (κ3) is 2.70. The van der Waals surface area contributed by atoms with E-state index >= 15 is 0 Å². The van der Waals surface area contributed by atoms with E-state index in [0.717, 1.165) is 0 Å². The summed E-state index contributed by atoms with van der Waals surface area (Å²) in [7, 11) is 0. The molecule has 14 heavy (non-hydrogen) atoms. The van der Waals surface area contributed by atoms with Gasteiger partial charge in [0.1, 0.15) is 0 Å². The average molecular weight is 214 g/mol. The number of nitrogens with one attached hydrogen (secondary N) is 1. The van der Waals surface area contributed by atoms with Gasteiger partial charge in [-0.2, -0.15) is 0 Å². The minimum atomic E-state index is -1.12. The second-order valence-corrected chi connectivity index (χ2v) is 2.55. The molecule has 0 fully saturated rings. The summed E-state index contributed by atoms with van der Waals surface area (Å²) in [6.07, 6.45) is 4.37. The molecule has 1 aromatic heterocycles. The molecule has 2 N–H and O–H groups in total. The molecule has 6 heteroatoms. The summed E-state index contributed by atoms with van der Waals surface area (Å²) in [5, 5.41) is 11.5. The lowest BCUT2D eigenvalue weighted by Crippen LogP contribution is -2.09. The van der Waals surface area contributed by atoms with Crippen molar-refractivity contribution in [2.24, 2.45) is 0 Å². The Labute approximate surface area is 85.4 Å². The van der Waals surface area contributed by atoms with Gasteiger partial charge in [-0.15, -0.1) is 0 Å². The summed E-state index contributed by atoms with van der Waals surface area (Å²) in [5.74, 6) is -0.884. The van der Waals surface area contributed by atoms with Crippen molar-refractivity contribution in [1.29, 1.82) is 0 Å². The van der Waals surface area contributed by atoms with Crippen LogP contribution in [0, 0.1) is 0 Å². The van der Waals surface area contributed by atoms with Crippen LogP contribution in [0.15, 0.2) is 24.0 Å². The number of carboxylic acid groups (broad SMARTS) is 1. The predicted octanol–water partition coefficient (Wildman–Crippen LogP) is 1.34. The summed E-state index contributed by atoms with van der Waals surface area (Å²) in [4.78, 5) is 18.2. The molecule has 0 unspecified atom stereocenters. The molecule has 0 amide bonds. The molecule has 0 spiro atoms. The monoisotopic (exact) mass is 213 g/mol. The van der Waals surface area contributed by atoms with E-state index in [1.54, 1.807) is 6.08 Å². The van der Waals surface area contributed by atoms with Crippen LogP contribution >= 0.6 is 11.6 Å². The SMILES string of the molecule is O=C(O)c1nccnc1NC/C=C/Cl. The van der Waals surface area contributed by atoms with Crippen LogP contribution in [0.5, 0.6) is 0 Å². The number of carbonyl (C=O) groups is 1. The van der Waals surface area contributed by atoms with E-state index in [-0.39, 0.29) is 11.5 Å². The van der Waals surface area contributed by atoms with Crippen molar-refractivity contribution in [2.75, 3.05) is 11.9 Å². The largest absolute Gasteiger partial charge is 0.476 e. The van der Waals surface area contributed by atoms with E-state index in [2.05, 4.69) is 15.3 Å². The van der Waals surface area contributed by atoms with Gasteiger partial charge in [0.15, 0.2) is 11.5 Å². The van der Waals surface area contributed by atoms with E-state index < -0.39 is 5.97 Å². The van der Waals surface area contributed by atoms with Gasteiger partial charge in [0.2, 0.25) is 0 Å². The van der Waals surface area contributed by atoms with Crippen molar-refractivity contribution in [2.45, 2.75) is 0 Å². The summed E-state index contributed by atoms with van der Waals surface area (Å²) in [5.41, 5.74) is 1.24. The molecule has 0 aromatic carbocycles. The van der Waals surface area contributed by atoms with E-state index in [0.29, 0.717) is 6.54 Å². The van der Waals surface area contributed by atoms with Gasteiger partial charge in [-0.25, -0.2) is 14.8 Å². The maximum absolute atomic E-state index is 10.7. The minimum Gasteiger partial charge on any atom is -0.476 e. The number of nitrogens with zero attached hydrogens (tertiary/aromatic N) is 2. The molecule has 5 nitrogen and oxygen atoms in total. The number of anilines is 1. The number of hydrogen-bond acceptors (Lipinski definition) is 4. The lowest BCUT2D eigenvalue weighted by atomic mass is 10.4. The van der Waals surface area contributed by atoms with Gasteiger partial charge in [0, 0.05) is 24.5 Å². The number of aromatic nitrogens is 2. The Hall–Kier alpha value is -1.62. The standard InChI is InChI=1S/C8H8ClN3O2/c9-2-1-3-11-7-6(8(13)14)10-4-5-12-7/h1-2,4-5H,3H2,(H,11,12)(H,13,14)/b2-1+. The molecular formula is C8H8ClN3O2. The first-order valence-corrected chi connectivity index (χ1v) is 4.22.